The van der Waals surface area contributed by atoms with E-state index in [0.717, 1.165) is 32.4 Å². The van der Waals surface area contributed by atoms with E-state index >= 15 is 0 Å². The number of likely N-dealkylation sites (N-methyl/N-ethyl adjacent to an activating group) is 1. The summed E-state index contributed by atoms with van der Waals surface area (Å²) in [5.74, 6) is 0. The van der Waals surface area contributed by atoms with E-state index in [1.807, 2.05) is 12.1 Å². The molecule has 2 heteroatoms. The van der Waals surface area contributed by atoms with Crippen molar-refractivity contribution in [2.45, 2.75) is 25.4 Å². The van der Waals surface area contributed by atoms with Gasteiger partial charge in [0.25, 0.3) is 0 Å². The summed E-state index contributed by atoms with van der Waals surface area (Å²) in [5, 5.41) is 9.76. The Bertz CT molecular complexity index is 310. The molecule has 0 aliphatic heterocycles. The third kappa shape index (κ3) is 6.25. The van der Waals surface area contributed by atoms with Gasteiger partial charge in [-0.15, -0.1) is 6.58 Å². The molecule has 2 nitrogen and oxygen atoms in total. The van der Waals surface area contributed by atoms with Crippen molar-refractivity contribution in [3.63, 3.8) is 0 Å². The van der Waals surface area contributed by atoms with Crippen molar-refractivity contribution < 1.29 is 5.11 Å². The Hall–Kier alpha value is -1.12. The zero-order chi connectivity index (χ0) is 12.5. The fourth-order valence-corrected chi connectivity index (χ4v) is 1.82. The SMILES string of the molecule is C=CCCC(O)CN(C)CCc1ccccc1. The third-order valence-electron chi connectivity index (χ3n) is 2.85. The maximum atomic E-state index is 9.76. The van der Waals surface area contributed by atoms with E-state index in [1.54, 1.807) is 0 Å². The van der Waals surface area contributed by atoms with Gasteiger partial charge in [0, 0.05) is 13.1 Å². The number of nitrogens with zero attached hydrogens (tertiary/aromatic N) is 1. The lowest BCUT2D eigenvalue weighted by atomic mass is 10.1. The zero-order valence-corrected chi connectivity index (χ0v) is 10.7. The van der Waals surface area contributed by atoms with Crippen LogP contribution in [0.4, 0.5) is 0 Å². The van der Waals surface area contributed by atoms with Crippen LogP contribution in [-0.4, -0.2) is 36.2 Å². The molecule has 17 heavy (non-hydrogen) atoms. The Kier molecular flexibility index (Phi) is 6.60. The first-order valence-corrected chi connectivity index (χ1v) is 6.24. The van der Waals surface area contributed by atoms with Crippen LogP contribution in [-0.2, 0) is 6.42 Å². The Morgan fingerprint density at radius 3 is 2.71 bits per heavy atom. The molecule has 0 heterocycles. The van der Waals surface area contributed by atoms with Crippen LogP contribution in [0, 0.1) is 0 Å². The van der Waals surface area contributed by atoms with Crippen molar-refractivity contribution in [1.29, 1.82) is 0 Å². The largest absolute Gasteiger partial charge is 0.392 e. The van der Waals surface area contributed by atoms with Crippen molar-refractivity contribution >= 4 is 0 Å². The lowest BCUT2D eigenvalue weighted by Crippen LogP contribution is -2.30. The molecule has 0 aliphatic carbocycles. The molecule has 1 aromatic carbocycles. The summed E-state index contributed by atoms with van der Waals surface area (Å²) < 4.78 is 0. The molecule has 1 rings (SSSR count). The summed E-state index contributed by atoms with van der Waals surface area (Å²) in [6, 6.07) is 10.4. The Labute approximate surface area is 105 Å². The van der Waals surface area contributed by atoms with Crippen LogP contribution < -0.4 is 0 Å². The molecule has 1 N–H and O–H groups in total. The standard InChI is InChI=1S/C15H23NO/c1-3-4-10-15(17)13-16(2)12-11-14-8-6-5-7-9-14/h3,5-9,15,17H,1,4,10-13H2,2H3. The molecular weight excluding hydrogens is 210 g/mol. The number of rotatable bonds is 8. The normalized spacial score (nSPS) is 12.6. The Morgan fingerprint density at radius 2 is 2.06 bits per heavy atom. The summed E-state index contributed by atoms with van der Waals surface area (Å²) in [6.07, 6.45) is 4.33. The number of aliphatic hydroxyl groups excluding tert-OH is 1. The first-order chi connectivity index (χ1) is 8.22. The highest BCUT2D eigenvalue weighted by atomic mass is 16.3. The predicted molar refractivity (Wildman–Crippen MR) is 73.1 cm³/mol. The molecule has 0 aromatic heterocycles. The lowest BCUT2D eigenvalue weighted by Gasteiger charge is -2.20. The fourth-order valence-electron chi connectivity index (χ4n) is 1.82. The minimum atomic E-state index is -0.242. The van der Waals surface area contributed by atoms with Gasteiger partial charge in [0.15, 0.2) is 0 Å². The van der Waals surface area contributed by atoms with Gasteiger partial charge >= 0.3 is 0 Å². The molecule has 0 aliphatic rings. The average molecular weight is 233 g/mol. The molecule has 1 unspecified atom stereocenters. The van der Waals surface area contributed by atoms with E-state index in [1.165, 1.54) is 5.56 Å². The molecule has 1 aromatic rings. The molecule has 0 saturated heterocycles. The summed E-state index contributed by atoms with van der Waals surface area (Å²) >= 11 is 0. The zero-order valence-electron chi connectivity index (χ0n) is 10.7. The maximum absolute atomic E-state index is 9.76. The average Bonchev–Trinajstić information content (AvgIpc) is 2.35. The molecule has 94 valence electrons. The van der Waals surface area contributed by atoms with Gasteiger partial charge in [-0.1, -0.05) is 36.4 Å². The molecule has 0 radical (unpaired) electrons. The Morgan fingerprint density at radius 1 is 1.35 bits per heavy atom. The molecule has 0 spiro atoms. The van der Waals surface area contributed by atoms with Crippen molar-refractivity contribution in [3.05, 3.63) is 48.6 Å². The van der Waals surface area contributed by atoms with Crippen LogP contribution in [0.3, 0.4) is 0 Å². The van der Waals surface area contributed by atoms with Gasteiger partial charge in [-0.25, -0.2) is 0 Å². The topological polar surface area (TPSA) is 23.5 Å². The van der Waals surface area contributed by atoms with Crippen LogP contribution in [0.5, 0.6) is 0 Å². The number of benzene rings is 1. The van der Waals surface area contributed by atoms with Crippen LogP contribution in [0.15, 0.2) is 43.0 Å². The van der Waals surface area contributed by atoms with Crippen LogP contribution in [0.2, 0.25) is 0 Å². The van der Waals surface area contributed by atoms with E-state index in [0.29, 0.717) is 0 Å². The number of aliphatic hydroxyl groups is 1. The highest BCUT2D eigenvalue weighted by Crippen LogP contribution is 2.03. The quantitative estimate of drug-likeness (QED) is 0.697. The lowest BCUT2D eigenvalue weighted by molar-refractivity contribution is 0.119. The minimum absolute atomic E-state index is 0.242. The second-order valence-electron chi connectivity index (χ2n) is 4.52. The van der Waals surface area contributed by atoms with Crippen molar-refractivity contribution in [2.75, 3.05) is 20.1 Å². The van der Waals surface area contributed by atoms with E-state index in [-0.39, 0.29) is 6.10 Å². The van der Waals surface area contributed by atoms with Gasteiger partial charge in [0.2, 0.25) is 0 Å². The molecule has 0 fully saturated rings. The monoisotopic (exact) mass is 233 g/mol. The fraction of sp³-hybridized carbons (Fsp3) is 0.467. The van der Waals surface area contributed by atoms with Gasteiger partial charge in [-0.3, -0.25) is 0 Å². The first kappa shape index (κ1) is 13.9. The van der Waals surface area contributed by atoms with Crippen molar-refractivity contribution in [3.8, 4) is 0 Å². The maximum Gasteiger partial charge on any atom is 0.0670 e. The summed E-state index contributed by atoms with van der Waals surface area (Å²) in [4.78, 5) is 2.18. The van der Waals surface area contributed by atoms with Gasteiger partial charge in [-0.2, -0.15) is 0 Å². The van der Waals surface area contributed by atoms with E-state index in [4.69, 9.17) is 0 Å². The molecule has 0 amide bonds. The molecule has 1 atom stereocenters. The first-order valence-electron chi connectivity index (χ1n) is 6.24. The van der Waals surface area contributed by atoms with E-state index in [9.17, 15) is 5.11 Å². The van der Waals surface area contributed by atoms with Gasteiger partial charge < -0.3 is 10.0 Å². The highest BCUT2D eigenvalue weighted by molar-refractivity contribution is 5.14. The second-order valence-corrected chi connectivity index (χ2v) is 4.52. The molecular formula is C15H23NO. The predicted octanol–water partition coefficient (Wildman–Crippen LogP) is 2.49. The van der Waals surface area contributed by atoms with E-state index in [2.05, 4.69) is 42.8 Å². The summed E-state index contributed by atoms with van der Waals surface area (Å²) in [6.45, 7) is 5.38. The smallest absolute Gasteiger partial charge is 0.0670 e. The van der Waals surface area contributed by atoms with Crippen molar-refractivity contribution in [2.24, 2.45) is 0 Å². The van der Waals surface area contributed by atoms with Crippen molar-refractivity contribution in [1.82, 2.24) is 4.90 Å². The third-order valence-corrected chi connectivity index (χ3v) is 2.85. The summed E-state index contributed by atoms with van der Waals surface area (Å²) in [5.41, 5.74) is 1.35. The van der Waals surface area contributed by atoms with Gasteiger partial charge in [0.1, 0.15) is 0 Å². The second kappa shape index (κ2) is 8.04. The van der Waals surface area contributed by atoms with Crippen LogP contribution in [0.25, 0.3) is 0 Å². The number of hydrogen-bond acceptors (Lipinski definition) is 2. The molecule has 0 saturated carbocycles. The molecule has 0 bridgehead atoms. The van der Waals surface area contributed by atoms with Crippen LogP contribution >= 0.6 is 0 Å². The summed E-state index contributed by atoms with van der Waals surface area (Å²) in [7, 11) is 2.06. The Balaban J connectivity index is 2.21. The van der Waals surface area contributed by atoms with Crippen LogP contribution in [0.1, 0.15) is 18.4 Å². The minimum Gasteiger partial charge on any atom is -0.392 e. The van der Waals surface area contributed by atoms with Gasteiger partial charge in [0.05, 0.1) is 6.10 Å². The number of hydrogen-bond donors (Lipinski definition) is 1. The number of allylic oxidation sites excluding steroid dienone is 1. The van der Waals surface area contributed by atoms with E-state index < -0.39 is 0 Å². The highest BCUT2D eigenvalue weighted by Gasteiger charge is 2.07. The van der Waals surface area contributed by atoms with Gasteiger partial charge in [-0.05, 0) is 31.9 Å².